The molecule has 2 heterocycles. The molecular weight excluding hydrogens is 543 g/mol. The maximum absolute atomic E-state index is 14.2. The third kappa shape index (κ3) is 5.72. The summed E-state index contributed by atoms with van der Waals surface area (Å²) in [5.74, 6) is -3.48. The molecule has 1 saturated carbocycles. The normalized spacial score (nSPS) is 20.5. The standard InChI is InChI=1S/C29H33F5N6O/c1-37-6-8-39(9-7-37)14-19-10-22-23(24(11-19)29(32,33)34)15-40(26(22)41)21-5-3-4-20(12-21)27(16-28(30,31)17-27)13-25(36)38(2)18-35/h3-5,10-12,18,35-36H,6-9,13-17H2,1-2H3. The van der Waals surface area contributed by atoms with E-state index in [9.17, 15) is 26.7 Å². The van der Waals surface area contributed by atoms with Gasteiger partial charge in [-0.05, 0) is 48.0 Å². The molecule has 0 spiro atoms. The lowest BCUT2D eigenvalue weighted by atomic mass is 9.60. The first-order valence-electron chi connectivity index (χ1n) is 13.5. The Morgan fingerprint density at radius 1 is 1.10 bits per heavy atom. The van der Waals surface area contributed by atoms with Crippen molar-refractivity contribution in [1.82, 2.24) is 14.7 Å². The van der Waals surface area contributed by atoms with Gasteiger partial charge in [0.05, 0.1) is 18.4 Å². The number of nitrogens with one attached hydrogen (secondary N) is 2. The molecule has 7 nitrogen and oxygen atoms in total. The van der Waals surface area contributed by atoms with E-state index in [1.807, 2.05) is 7.05 Å². The molecule has 3 aliphatic rings. The number of alkyl halides is 5. The number of likely N-dealkylation sites (N-methyl/N-ethyl adjacent to an activating group) is 1. The Bertz CT molecular complexity index is 1360. The first kappa shape index (κ1) is 29.1. The largest absolute Gasteiger partial charge is 0.416 e. The summed E-state index contributed by atoms with van der Waals surface area (Å²) in [6, 6.07) is 9.12. The average molecular weight is 577 g/mol. The molecule has 2 aromatic rings. The number of carbonyl (C=O) groups is 1. The molecule has 220 valence electrons. The summed E-state index contributed by atoms with van der Waals surface area (Å²) in [5.41, 5.74) is -0.768. The lowest BCUT2D eigenvalue weighted by Crippen LogP contribution is -2.51. The molecule has 0 unspecified atom stereocenters. The molecule has 2 aromatic carbocycles. The molecule has 1 amide bonds. The summed E-state index contributed by atoms with van der Waals surface area (Å²) in [7, 11) is 3.49. The van der Waals surface area contributed by atoms with Crippen LogP contribution in [0, 0.1) is 10.8 Å². The van der Waals surface area contributed by atoms with Crippen molar-refractivity contribution >= 4 is 23.8 Å². The number of anilines is 1. The van der Waals surface area contributed by atoms with Gasteiger partial charge in [-0.15, -0.1) is 0 Å². The fraction of sp³-hybridized carbons (Fsp3) is 0.483. The van der Waals surface area contributed by atoms with Crippen molar-refractivity contribution in [3.63, 3.8) is 0 Å². The van der Waals surface area contributed by atoms with Crippen LogP contribution in [0.2, 0.25) is 0 Å². The molecule has 2 aliphatic heterocycles. The van der Waals surface area contributed by atoms with E-state index in [0.717, 1.165) is 38.6 Å². The highest BCUT2D eigenvalue weighted by atomic mass is 19.4. The van der Waals surface area contributed by atoms with Crippen LogP contribution in [0.4, 0.5) is 27.6 Å². The highest BCUT2D eigenvalue weighted by Gasteiger charge is 2.57. The van der Waals surface area contributed by atoms with Crippen molar-refractivity contribution in [2.24, 2.45) is 0 Å². The summed E-state index contributed by atoms with van der Waals surface area (Å²) in [4.78, 5) is 20.3. The van der Waals surface area contributed by atoms with Crippen molar-refractivity contribution in [2.45, 2.75) is 49.9 Å². The van der Waals surface area contributed by atoms with E-state index in [-0.39, 0.29) is 29.9 Å². The van der Waals surface area contributed by atoms with Crippen LogP contribution in [-0.4, -0.2) is 79.0 Å². The van der Waals surface area contributed by atoms with Crippen LogP contribution in [0.3, 0.4) is 0 Å². The third-order valence-electron chi connectivity index (χ3n) is 8.50. The van der Waals surface area contributed by atoms with Crippen molar-refractivity contribution in [3.8, 4) is 0 Å². The minimum atomic E-state index is -4.65. The number of piperazine rings is 1. The van der Waals surface area contributed by atoms with E-state index in [2.05, 4.69) is 9.80 Å². The maximum atomic E-state index is 14.2. The molecule has 41 heavy (non-hydrogen) atoms. The molecule has 1 saturated heterocycles. The van der Waals surface area contributed by atoms with Crippen molar-refractivity contribution in [2.75, 3.05) is 45.2 Å². The van der Waals surface area contributed by atoms with E-state index in [0.29, 0.717) is 23.4 Å². The van der Waals surface area contributed by atoms with E-state index >= 15 is 0 Å². The molecule has 2 N–H and O–H groups in total. The summed E-state index contributed by atoms with van der Waals surface area (Å²) < 4.78 is 71.0. The first-order valence-corrected chi connectivity index (χ1v) is 13.5. The number of carbonyl (C=O) groups excluding carboxylic acids is 1. The van der Waals surface area contributed by atoms with Crippen molar-refractivity contribution in [3.05, 3.63) is 64.2 Å². The number of hydrogen-bond acceptors (Lipinski definition) is 5. The van der Waals surface area contributed by atoms with Crippen LogP contribution < -0.4 is 4.90 Å². The summed E-state index contributed by atoms with van der Waals surface area (Å²) in [6.07, 6.45) is -4.76. The minimum Gasteiger partial charge on any atom is -0.325 e. The highest BCUT2D eigenvalue weighted by Crippen LogP contribution is 2.56. The number of hydrogen-bond donors (Lipinski definition) is 2. The van der Waals surface area contributed by atoms with Gasteiger partial charge in [0, 0.05) is 75.7 Å². The Hall–Kier alpha value is -3.38. The smallest absolute Gasteiger partial charge is 0.325 e. The molecule has 0 radical (unpaired) electrons. The molecular formula is C29H33F5N6O. The van der Waals surface area contributed by atoms with Crippen molar-refractivity contribution in [1.29, 1.82) is 10.8 Å². The predicted octanol–water partition coefficient (Wildman–Crippen LogP) is 5.19. The van der Waals surface area contributed by atoms with Gasteiger partial charge in [0.25, 0.3) is 5.91 Å². The van der Waals surface area contributed by atoms with Crippen LogP contribution in [0.25, 0.3) is 0 Å². The molecule has 0 atom stereocenters. The minimum absolute atomic E-state index is 0.00624. The van der Waals surface area contributed by atoms with Crippen LogP contribution in [0.1, 0.15) is 51.9 Å². The quantitative estimate of drug-likeness (QED) is 0.270. The Morgan fingerprint density at radius 3 is 2.39 bits per heavy atom. The topological polar surface area (TPSA) is 77.7 Å². The van der Waals surface area contributed by atoms with Gasteiger partial charge in [0.2, 0.25) is 5.92 Å². The molecule has 5 rings (SSSR count). The molecule has 0 aromatic heterocycles. The zero-order chi connectivity index (χ0) is 29.7. The van der Waals surface area contributed by atoms with E-state index < -0.39 is 41.8 Å². The number of halogens is 5. The van der Waals surface area contributed by atoms with Gasteiger partial charge in [-0.25, -0.2) is 8.78 Å². The van der Waals surface area contributed by atoms with Crippen LogP contribution in [0.15, 0.2) is 36.4 Å². The Morgan fingerprint density at radius 2 is 1.78 bits per heavy atom. The van der Waals surface area contributed by atoms with Crippen LogP contribution >= 0.6 is 0 Å². The van der Waals surface area contributed by atoms with Crippen molar-refractivity contribution < 1.29 is 26.7 Å². The van der Waals surface area contributed by atoms with Gasteiger partial charge in [0.1, 0.15) is 5.84 Å². The maximum Gasteiger partial charge on any atom is 0.416 e. The Labute approximate surface area is 235 Å². The van der Waals surface area contributed by atoms with Gasteiger partial charge < -0.3 is 14.7 Å². The Balaban J connectivity index is 1.45. The summed E-state index contributed by atoms with van der Waals surface area (Å²) in [6.45, 7) is 3.08. The fourth-order valence-electron chi connectivity index (χ4n) is 6.18. The number of fused-ring (bicyclic) bond motifs is 1. The number of amidine groups is 1. The monoisotopic (exact) mass is 576 g/mol. The van der Waals surface area contributed by atoms with Crippen LogP contribution in [0.5, 0.6) is 0 Å². The zero-order valence-corrected chi connectivity index (χ0v) is 23.0. The lowest BCUT2D eigenvalue weighted by molar-refractivity contribution is -0.138. The second-order valence-corrected chi connectivity index (χ2v) is 11.5. The van der Waals surface area contributed by atoms with Gasteiger partial charge in [0.15, 0.2) is 0 Å². The fourth-order valence-corrected chi connectivity index (χ4v) is 6.18. The van der Waals surface area contributed by atoms with Gasteiger partial charge in [-0.1, -0.05) is 12.1 Å². The number of rotatable bonds is 7. The second-order valence-electron chi connectivity index (χ2n) is 11.5. The van der Waals surface area contributed by atoms with Gasteiger partial charge in [-0.2, -0.15) is 13.2 Å². The van der Waals surface area contributed by atoms with E-state index in [1.54, 1.807) is 30.3 Å². The molecule has 2 fully saturated rings. The van der Waals surface area contributed by atoms with E-state index in [1.165, 1.54) is 16.8 Å². The SMILES string of the molecule is CN1CCN(Cc2cc3c(c(C(F)(F)F)c2)CN(c2cccc(C4(CC(=N)N(C)C=N)CC(F)(F)C4)c2)C3=O)CC1. The second kappa shape index (κ2) is 10.5. The van der Waals surface area contributed by atoms with Gasteiger partial charge >= 0.3 is 6.18 Å². The summed E-state index contributed by atoms with van der Waals surface area (Å²) >= 11 is 0. The number of amides is 1. The molecule has 12 heteroatoms. The first-order chi connectivity index (χ1) is 19.2. The molecule has 0 bridgehead atoms. The number of nitrogens with zero attached hydrogens (tertiary/aromatic N) is 4. The average Bonchev–Trinajstić information content (AvgIpc) is 3.23. The number of benzene rings is 2. The lowest BCUT2D eigenvalue weighted by Gasteiger charge is -2.48. The van der Waals surface area contributed by atoms with E-state index in [4.69, 9.17) is 10.8 Å². The Kier molecular flexibility index (Phi) is 7.44. The van der Waals surface area contributed by atoms with Crippen LogP contribution in [-0.2, 0) is 24.7 Å². The molecule has 1 aliphatic carbocycles. The third-order valence-corrected chi connectivity index (χ3v) is 8.50. The highest BCUT2D eigenvalue weighted by molar-refractivity contribution is 6.10. The summed E-state index contributed by atoms with van der Waals surface area (Å²) in [5, 5.41) is 15.6. The zero-order valence-electron chi connectivity index (χ0n) is 23.0. The predicted molar refractivity (Wildman–Crippen MR) is 146 cm³/mol. The van der Waals surface area contributed by atoms with Gasteiger partial charge in [-0.3, -0.25) is 20.5 Å².